The first-order valence-corrected chi connectivity index (χ1v) is 11.3. The Morgan fingerprint density at radius 2 is 2.03 bits per heavy atom. The van der Waals surface area contributed by atoms with E-state index in [0.29, 0.717) is 11.9 Å². The minimum absolute atomic E-state index is 0.0292. The molecule has 0 atom stereocenters. The predicted molar refractivity (Wildman–Crippen MR) is 119 cm³/mol. The van der Waals surface area contributed by atoms with Gasteiger partial charge in [0, 0.05) is 24.5 Å². The van der Waals surface area contributed by atoms with Crippen LogP contribution < -0.4 is 5.56 Å². The monoisotopic (exact) mass is 409 g/mol. The number of benzene rings is 1. The molecule has 0 bridgehead atoms. The van der Waals surface area contributed by atoms with E-state index < -0.39 is 0 Å². The molecule has 0 aliphatic heterocycles. The third-order valence-corrected chi connectivity index (χ3v) is 6.68. The van der Waals surface area contributed by atoms with Gasteiger partial charge in [-0.1, -0.05) is 31.5 Å². The van der Waals surface area contributed by atoms with Crippen LogP contribution >= 0.6 is 11.3 Å². The van der Waals surface area contributed by atoms with Crippen molar-refractivity contribution in [1.82, 2.24) is 14.5 Å². The molecule has 1 aliphatic rings. The van der Waals surface area contributed by atoms with Crippen LogP contribution in [0.3, 0.4) is 0 Å². The molecule has 3 aromatic rings. The van der Waals surface area contributed by atoms with Gasteiger partial charge in [0.1, 0.15) is 11.4 Å². The number of carbonyl (C=O) groups is 1. The maximum absolute atomic E-state index is 13.2. The van der Waals surface area contributed by atoms with Gasteiger partial charge in [-0.25, -0.2) is 4.98 Å². The standard InChI is InChI=1S/C23H27N3O2S/c1-3-4-11-25(2)20(27)13-26-15-24-22-21(23(26)28)19(14-29-22)18-10-9-16-7-5-6-8-17(16)12-18/h9-10,12,14-15H,3-8,11,13H2,1-2H3. The van der Waals surface area contributed by atoms with E-state index >= 15 is 0 Å². The minimum Gasteiger partial charge on any atom is -0.344 e. The van der Waals surface area contributed by atoms with Gasteiger partial charge in [-0.3, -0.25) is 14.2 Å². The van der Waals surface area contributed by atoms with E-state index in [2.05, 4.69) is 30.1 Å². The van der Waals surface area contributed by atoms with Crippen LogP contribution in [0.5, 0.6) is 0 Å². The number of likely N-dealkylation sites (N-methyl/N-ethyl adjacent to an activating group) is 1. The van der Waals surface area contributed by atoms with Crippen molar-refractivity contribution in [1.29, 1.82) is 0 Å². The van der Waals surface area contributed by atoms with Crippen molar-refractivity contribution < 1.29 is 4.79 Å². The fraction of sp³-hybridized carbons (Fsp3) is 0.435. The third kappa shape index (κ3) is 3.99. The fourth-order valence-corrected chi connectivity index (χ4v) is 4.89. The van der Waals surface area contributed by atoms with Crippen LogP contribution in [-0.4, -0.2) is 34.0 Å². The first kappa shape index (κ1) is 19.8. The summed E-state index contributed by atoms with van der Waals surface area (Å²) in [6, 6.07) is 6.55. The van der Waals surface area contributed by atoms with Crippen molar-refractivity contribution in [2.75, 3.05) is 13.6 Å². The van der Waals surface area contributed by atoms with Crippen LogP contribution in [0.1, 0.15) is 43.7 Å². The van der Waals surface area contributed by atoms with Gasteiger partial charge < -0.3 is 4.90 Å². The van der Waals surface area contributed by atoms with E-state index in [0.717, 1.165) is 41.6 Å². The zero-order valence-electron chi connectivity index (χ0n) is 17.1. The van der Waals surface area contributed by atoms with Crippen molar-refractivity contribution in [2.24, 2.45) is 0 Å². The van der Waals surface area contributed by atoms with Gasteiger partial charge in [-0.05, 0) is 48.8 Å². The zero-order chi connectivity index (χ0) is 20.4. The lowest BCUT2D eigenvalue weighted by Gasteiger charge is -2.17. The van der Waals surface area contributed by atoms with Gasteiger partial charge in [0.25, 0.3) is 5.56 Å². The lowest BCUT2D eigenvalue weighted by Crippen LogP contribution is -2.34. The van der Waals surface area contributed by atoms with E-state index in [4.69, 9.17) is 0 Å². The lowest BCUT2D eigenvalue weighted by atomic mass is 9.89. The molecule has 5 nitrogen and oxygen atoms in total. The molecule has 1 aromatic carbocycles. The quantitative estimate of drug-likeness (QED) is 0.611. The molecule has 1 amide bonds. The number of nitrogens with zero attached hydrogens (tertiary/aromatic N) is 3. The first-order chi connectivity index (χ1) is 14.1. The van der Waals surface area contributed by atoms with Crippen LogP contribution in [0.2, 0.25) is 0 Å². The van der Waals surface area contributed by atoms with Gasteiger partial charge in [0.05, 0.1) is 11.7 Å². The van der Waals surface area contributed by atoms with Gasteiger partial charge in [0.2, 0.25) is 5.91 Å². The number of unbranched alkanes of at least 4 members (excludes halogenated alkanes) is 1. The van der Waals surface area contributed by atoms with E-state index in [1.54, 1.807) is 11.9 Å². The molecule has 6 heteroatoms. The lowest BCUT2D eigenvalue weighted by molar-refractivity contribution is -0.130. The summed E-state index contributed by atoms with van der Waals surface area (Å²) in [5, 5.41) is 2.64. The Bertz CT molecular complexity index is 1100. The van der Waals surface area contributed by atoms with E-state index in [1.165, 1.54) is 46.2 Å². The second kappa shape index (κ2) is 8.49. The SMILES string of the molecule is CCCCN(C)C(=O)Cn1cnc2scc(-c3ccc4c(c3)CCCC4)c2c1=O. The second-order valence-electron chi connectivity index (χ2n) is 7.87. The number of aromatic nitrogens is 2. The molecule has 29 heavy (non-hydrogen) atoms. The highest BCUT2D eigenvalue weighted by Crippen LogP contribution is 2.33. The average Bonchev–Trinajstić information content (AvgIpc) is 3.18. The third-order valence-electron chi connectivity index (χ3n) is 5.80. The van der Waals surface area contributed by atoms with Crippen molar-refractivity contribution in [3.05, 3.63) is 51.4 Å². The molecule has 152 valence electrons. The second-order valence-corrected chi connectivity index (χ2v) is 8.72. The summed E-state index contributed by atoms with van der Waals surface area (Å²) in [7, 11) is 1.79. The Labute approximate surface area is 175 Å². The van der Waals surface area contributed by atoms with Gasteiger partial charge in [0.15, 0.2) is 0 Å². The van der Waals surface area contributed by atoms with Crippen LogP contribution in [0, 0.1) is 0 Å². The Balaban J connectivity index is 1.68. The molecule has 1 aliphatic carbocycles. The Morgan fingerprint density at radius 3 is 2.83 bits per heavy atom. The number of rotatable bonds is 6. The minimum atomic E-state index is -0.138. The predicted octanol–water partition coefficient (Wildman–Crippen LogP) is 4.26. The molecule has 4 rings (SSSR count). The molecule has 0 fully saturated rings. The van der Waals surface area contributed by atoms with Crippen LogP contribution in [0.4, 0.5) is 0 Å². The number of hydrogen-bond acceptors (Lipinski definition) is 4. The number of thiophene rings is 1. The van der Waals surface area contributed by atoms with E-state index in [-0.39, 0.29) is 18.0 Å². The largest absolute Gasteiger partial charge is 0.344 e. The summed E-state index contributed by atoms with van der Waals surface area (Å²) < 4.78 is 1.45. The van der Waals surface area contributed by atoms with Crippen molar-refractivity contribution in [3.8, 4) is 11.1 Å². The molecule has 0 saturated carbocycles. The fourth-order valence-electron chi connectivity index (χ4n) is 3.98. The highest BCUT2D eigenvalue weighted by Gasteiger charge is 2.17. The highest BCUT2D eigenvalue weighted by atomic mass is 32.1. The summed E-state index contributed by atoms with van der Waals surface area (Å²) in [6.45, 7) is 2.83. The Morgan fingerprint density at radius 1 is 1.24 bits per heavy atom. The van der Waals surface area contributed by atoms with Crippen LogP contribution in [0.15, 0.2) is 34.7 Å². The van der Waals surface area contributed by atoms with Crippen LogP contribution in [-0.2, 0) is 24.2 Å². The molecule has 0 saturated heterocycles. The Hall–Kier alpha value is -2.47. The molecule has 0 spiro atoms. The first-order valence-electron chi connectivity index (χ1n) is 10.4. The normalized spacial score (nSPS) is 13.4. The van der Waals surface area contributed by atoms with Gasteiger partial charge in [-0.2, -0.15) is 0 Å². The molecule has 0 unspecified atom stereocenters. The smallest absolute Gasteiger partial charge is 0.263 e. The number of carbonyl (C=O) groups excluding carboxylic acids is 1. The summed E-state index contributed by atoms with van der Waals surface area (Å²) in [5.41, 5.74) is 4.68. The van der Waals surface area contributed by atoms with E-state index in [1.807, 2.05) is 5.38 Å². The number of aryl methyl sites for hydroxylation is 2. The van der Waals surface area contributed by atoms with Gasteiger partial charge in [-0.15, -0.1) is 11.3 Å². The van der Waals surface area contributed by atoms with E-state index in [9.17, 15) is 9.59 Å². The maximum atomic E-state index is 13.2. The van der Waals surface area contributed by atoms with Gasteiger partial charge >= 0.3 is 0 Å². The maximum Gasteiger partial charge on any atom is 0.263 e. The zero-order valence-corrected chi connectivity index (χ0v) is 17.9. The summed E-state index contributed by atoms with van der Waals surface area (Å²) in [4.78, 5) is 32.6. The topological polar surface area (TPSA) is 55.2 Å². The average molecular weight is 410 g/mol. The van der Waals surface area contributed by atoms with Crippen LogP contribution in [0.25, 0.3) is 21.3 Å². The molecule has 2 heterocycles. The molecular formula is C23H27N3O2S. The summed E-state index contributed by atoms with van der Waals surface area (Å²) in [5.74, 6) is -0.0627. The molecule has 0 N–H and O–H groups in total. The Kier molecular flexibility index (Phi) is 5.81. The molecule has 0 radical (unpaired) electrons. The van der Waals surface area contributed by atoms with Crippen molar-refractivity contribution in [2.45, 2.75) is 52.0 Å². The van der Waals surface area contributed by atoms with Crippen molar-refractivity contribution in [3.63, 3.8) is 0 Å². The highest BCUT2D eigenvalue weighted by molar-refractivity contribution is 7.17. The van der Waals surface area contributed by atoms with Crippen molar-refractivity contribution >= 4 is 27.5 Å². The number of amides is 1. The molecule has 2 aromatic heterocycles. The molecular weight excluding hydrogens is 382 g/mol. The summed E-state index contributed by atoms with van der Waals surface area (Å²) >= 11 is 1.49. The number of hydrogen-bond donors (Lipinski definition) is 0. The number of fused-ring (bicyclic) bond motifs is 2. The summed E-state index contributed by atoms with van der Waals surface area (Å²) in [6.07, 6.45) is 8.22.